The summed E-state index contributed by atoms with van der Waals surface area (Å²) in [5, 5.41) is 10.4. The van der Waals surface area contributed by atoms with E-state index in [1.165, 1.54) is 14.2 Å². The van der Waals surface area contributed by atoms with Gasteiger partial charge in [-0.15, -0.1) is 0 Å². The summed E-state index contributed by atoms with van der Waals surface area (Å²) in [5.41, 5.74) is -2.32. The summed E-state index contributed by atoms with van der Waals surface area (Å²) in [4.78, 5) is 39.1. The lowest BCUT2D eigenvalue weighted by molar-refractivity contribution is 0.0693. The van der Waals surface area contributed by atoms with Gasteiger partial charge in [0.25, 0.3) is 0 Å². The van der Waals surface area contributed by atoms with Crippen LogP contribution in [0.4, 0.5) is 0 Å². The minimum atomic E-state index is -1.14. The number of aliphatic hydroxyl groups excluding tert-OH is 1. The predicted molar refractivity (Wildman–Crippen MR) is 146 cm³/mol. The van der Waals surface area contributed by atoms with Gasteiger partial charge < -0.3 is 19.3 Å². The standard InChI is InChI=1S/C22H33N3O7.4CH4/c1-5-17(30-3)13-24-20(27)23(12-16(26)15-32-19-10-8-7-9-11-19)21(28)25(22(24)29)14-18(6-2)31-4;;;;/h7-11,16-18,26H,5-6,12-15H2,1-4H3;4*1H4. The van der Waals surface area contributed by atoms with E-state index in [1.54, 1.807) is 24.3 Å². The lowest BCUT2D eigenvalue weighted by Crippen LogP contribution is -2.57. The minimum absolute atomic E-state index is 0. The van der Waals surface area contributed by atoms with E-state index in [0.717, 1.165) is 13.7 Å². The third kappa shape index (κ3) is 9.75. The van der Waals surface area contributed by atoms with Gasteiger partial charge in [0.05, 0.1) is 31.8 Å². The van der Waals surface area contributed by atoms with Crippen LogP contribution in [-0.2, 0) is 29.1 Å². The molecule has 3 unspecified atom stereocenters. The SMILES string of the molecule is C.C.C.C.CCC(Cn1c(=O)n(CC(O)COc2ccccc2)c(=O)n(CC(CC)OC)c1=O)OC. The molecule has 0 radical (unpaired) electrons. The molecule has 0 fully saturated rings. The van der Waals surface area contributed by atoms with Gasteiger partial charge in [0.15, 0.2) is 0 Å². The summed E-state index contributed by atoms with van der Waals surface area (Å²) in [6, 6.07) is 8.89. The third-order valence-electron chi connectivity index (χ3n) is 5.31. The number of methoxy groups -OCH3 is 2. The third-order valence-corrected chi connectivity index (χ3v) is 5.31. The van der Waals surface area contributed by atoms with Crippen LogP contribution in [0.2, 0.25) is 0 Å². The molecule has 0 saturated carbocycles. The fourth-order valence-electron chi connectivity index (χ4n) is 3.27. The largest absolute Gasteiger partial charge is 0.491 e. The average Bonchev–Trinajstić information content (AvgIpc) is 2.81. The number of rotatable bonds is 13. The Bertz CT molecular complexity index is 955. The maximum Gasteiger partial charge on any atom is 0.336 e. The smallest absolute Gasteiger partial charge is 0.336 e. The van der Waals surface area contributed by atoms with E-state index in [2.05, 4.69) is 0 Å². The van der Waals surface area contributed by atoms with Crippen molar-refractivity contribution in [1.29, 1.82) is 0 Å². The van der Waals surface area contributed by atoms with Gasteiger partial charge in [-0.25, -0.2) is 28.1 Å². The van der Waals surface area contributed by atoms with Crippen LogP contribution in [0.5, 0.6) is 5.75 Å². The highest BCUT2D eigenvalue weighted by Gasteiger charge is 2.21. The van der Waals surface area contributed by atoms with Crippen LogP contribution in [0.15, 0.2) is 44.7 Å². The topological polar surface area (TPSA) is 114 Å². The van der Waals surface area contributed by atoms with Gasteiger partial charge in [-0.05, 0) is 25.0 Å². The van der Waals surface area contributed by atoms with Gasteiger partial charge in [-0.1, -0.05) is 61.8 Å². The average molecular weight is 516 g/mol. The van der Waals surface area contributed by atoms with Gasteiger partial charge in [0.1, 0.15) is 18.5 Å². The van der Waals surface area contributed by atoms with Crippen molar-refractivity contribution in [3.63, 3.8) is 0 Å². The van der Waals surface area contributed by atoms with E-state index in [0.29, 0.717) is 18.6 Å². The number of hydrogen-bond acceptors (Lipinski definition) is 7. The number of benzene rings is 1. The summed E-state index contributed by atoms with van der Waals surface area (Å²) >= 11 is 0. The maximum absolute atomic E-state index is 13.0. The second-order valence-electron chi connectivity index (χ2n) is 7.49. The fourth-order valence-corrected chi connectivity index (χ4v) is 3.27. The van der Waals surface area contributed by atoms with Gasteiger partial charge >= 0.3 is 17.1 Å². The molecular weight excluding hydrogens is 466 g/mol. The zero-order valence-electron chi connectivity index (χ0n) is 19.1. The van der Waals surface area contributed by atoms with Crippen molar-refractivity contribution < 1.29 is 19.3 Å². The molecule has 0 aliphatic rings. The Morgan fingerprint density at radius 1 is 0.722 bits per heavy atom. The zero-order valence-corrected chi connectivity index (χ0v) is 19.1. The monoisotopic (exact) mass is 515 g/mol. The fraction of sp³-hybridized carbons (Fsp3) is 0.654. The molecule has 2 aromatic rings. The summed E-state index contributed by atoms with van der Waals surface area (Å²) < 4.78 is 19.0. The first-order valence-electron chi connectivity index (χ1n) is 10.7. The van der Waals surface area contributed by atoms with Crippen molar-refractivity contribution in [2.75, 3.05) is 20.8 Å². The maximum atomic E-state index is 13.0. The highest BCUT2D eigenvalue weighted by Crippen LogP contribution is 2.08. The molecule has 10 nitrogen and oxygen atoms in total. The number of ether oxygens (including phenoxy) is 3. The lowest BCUT2D eigenvalue weighted by Gasteiger charge is -2.20. The van der Waals surface area contributed by atoms with Gasteiger partial charge in [-0.3, -0.25) is 0 Å². The molecule has 0 aliphatic carbocycles. The van der Waals surface area contributed by atoms with E-state index in [9.17, 15) is 19.5 Å². The van der Waals surface area contributed by atoms with Gasteiger partial charge in [-0.2, -0.15) is 0 Å². The Hall–Kier alpha value is -2.69. The van der Waals surface area contributed by atoms with Crippen LogP contribution < -0.4 is 21.8 Å². The van der Waals surface area contributed by atoms with Crippen LogP contribution in [-0.4, -0.2) is 57.9 Å². The van der Waals surface area contributed by atoms with Crippen LogP contribution >= 0.6 is 0 Å². The highest BCUT2D eigenvalue weighted by atomic mass is 16.5. The number of para-hydroxylation sites is 1. The van der Waals surface area contributed by atoms with E-state index in [-0.39, 0.29) is 68.2 Å². The molecule has 0 saturated heterocycles. The second kappa shape index (κ2) is 18.6. The molecule has 210 valence electrons. The van der Waals surface area contributed by atoms with Crippen molar-refractivity contribution in [2.45, 2.75) is 94.3 Å². The molecule has 36 heavy (non-hydrogen) atoms. The molecule has 3 atom stereocenters. The lowest BCUT2D eigenvalue weighted by atomic mass is 10.2. The number of nitrogens with zero attached hydrogens (tertiary/aromatic N) is 3. The number of hydrogen-bond donors (Lipinski definition) is 1. The Morgan fingerprint density at radius 3 is 1.47 bits per heavy atom. The van der Waals surface area contributed by atoms with Gasteiger partial charge in [0.2, 0.25) is 0 Å². The molecule has 0 aliphatic heterocycles. The minimum Gasteiger partial charge on any atom is -0.491 e. The Labute approximate surface area is 216 Å². The molecule has 0 amide bonds. The molecular formula is C26H49N3O7. The molecule has 0 bridgehead atoms. The Morgan fingerprint density at radius 2 is 1.11 bits per heavy atom. The first kappa shape index (κ1) is 37.9. The number of aliphatic hydroxyl groups is 1. The first-order valence-corrected chi connectivity index (χ1v) is 10.7. The van der Waals surface area contributed by atoms with Crippen LogP contribution in [0.25, 0.3) is 0 Å². The quantitative estimate of drug-likeness (QED) is 0.436. The van der Waals surface area contributed by atoms with Crippen molar-refractivity contribution in [2.24, 2.45) is 0 Å². The molecule has 10 heteroatoms. The Balaban J connectivity index is -0.00000272. The molecule has 1 aromatic heterocycles. The summed E-state index contributed by atoms with van der Waals surface area (Å²) in [7, 11) is 2.99. The summed E-state index contributed by atoms with van der Waals surface area (Å²) in [6.07, 6.45) is -0.755. The highest BCUT2D eigenvalue weighted by molar-refractivity contribution is 5.20. The van der Waals surface area contributed by atoms with Crippen LogP contribution in [0.3, 0.4) is 0 Å². The van der Waals surface area contributed by atoms with Crippen LogP contribution in [0.1, 0.15) is 56.4 Å². The molecule has 1 aromatic carbocycles. The molecule has 2 rings (SSSR count). The Kier molecular flexibility index (Phi) is 19.5. The van der Waals surface area contributed by atoms with Gasteiger partial charge in [0, 0.05) is 14.2 Å². The van der Waals surface area contributed by atoms with Crippen LogP contribution in [0, 0.1) is 0 Å². The van der Waals surface area contributed by atoms with E-state index >= 15 is 0 Å². The zero-order chi connectivity index (χ0) is 23.7. The second-order valence-corrected chi connectivity index (χ2v) is 7.49. The van der Waals surface area contributed by atoms with Crippen molar-refractivity contribution >= 4 is 0 Å². The normalized spacial score (nSPS) is 12.6. The van der Waals surface area contributed by atoms with Crippen molar-refractivity contribution in [3.05, 3.63) is 61.8 Å². The summed E-state index contributed by atoms with van der Waals surface area (Å²) in [5.74, 6) is 0.554. The van der Waals surface area contributed by atoms with Crippen molar-refractivity contribution in [3.8, 4) is 5.75 Å². The molecule has 0 spiro atoms. The number of aromatic nitrogens is 3. The summed E-state index contributed by atoms with van der Waals surface area (Å²) in [6.45, 7) is 3.28. The molecule has 1 heterocycles. The predicted octanol–water partition coefficient (Wildman–Crippen LogP) is 3.01. The van der Waals surface area contributed by atoms with E-state index in [1.807, 2.05) is 19.9 Å². The first-order chi connectivity index (χ1) is 15.4. The van der Waals surface area contributed by atoms with E-state index < -0.39 is 23.2 Å². The molecule has 1 N–H and O–H groups in total. The van der Waals surface area contributed by atoms with Crippen molar-refractivity contribution in [1.82, 2.24) is 13.7 Å². The van der Waals surface area contributed by atoms with E-state index in [4.69, 9.17) is 14.2 Å².